The van der Waals surface area contributed by atoms with Gasteiger partial charge >= 0.3 is 5.97 Å². The molecule has 0 spiro atoms. The van der Waals surface area contributed by atoms with Crippen molar-refractivity contribution in [1.29, 1.82) is 0 Å². The van der Waals surface area contributed by atoms with E-state index in [0.29, 0.717) is 12.6 Å². The highest BCUT2D eigenvalue weighted by Gasteiger charge is 2.24. The number of hydrogen-bond donors (Lipinski definition) is 2. The van der Waals surface area contributed by atoms with Crippen molar-refractivity contribution in [2.45, 2.75) is 38.3 Å². The number of aryl methyl sites for hydroxylation is 1. The Balaban J connectivity index is 1.53. The first-order valence-electron chi connectivity index (χ1n) is 13.4. The number of hydrogen-bond acceptors (Lipinski definition) is 8. The van der Waals surface area contributed by atoms with Gasteiger partial charge in [0.2, 0.25) is 0 Å². The summed E-state index contributed by atoms with van der Waals surface area (Å²) in [5, 5.41) is 15.4. The number of benzene rings is 1. The molecule has 3 heterocycles. The molecule has 0 aliphatic carbocycles. The van der Waals surface area contributed by atoms with E-state index < -0.39 is 5.97 Å². The molecule has 3 unspecified atom stereocenters. The standard InChI is InChI=1S/C28H38N6O2S/c35-28(36)27-5-1-4-25(31-27)20-33-15-3-14-32-17-13-29-12-2-16-34(19-18-32)26(21-33)11-8-23-6-9-24(10-7-23)30-22-37/h1,4-7,9-10,26,29H,2-3,8,11-21H2,(H,35,36). The lowest BCUT2D eigenvalue weighted by molar-refractivity contribution is 0.0689. The van der Waals surface area contributed by atoms with Crippen LogP contribution in [0.5, 0.6) is 0 Å². The molecule has 37 heavy (non-hydrogen) atoms. The highest BCUT2D eigenvalue weighted by atomic mass is 32.1. The van der Waals surface area contributed by atoms with Crippen molar-refractivity contribution in [3.8, 4) is 0 Å². The minimum atomic E-state index is -0.979. The molecule has 4 rings (SSSR count). The largest absolute Gasteiger partial charge is 0.477 e. The summed E-state index contributed by atoms with van der Waals surface area (Å²) in [5.41, 5.74) is 3.06. The van der Waals surface area contributed by atoms with Crippen molar-refractivity contribution in [3.05, 3.63) is 59.4 Å². The van der Waals surface area contributed by atoms with Gasteiger partial charge in [-0.15, -0.1) is 0 Å². The van der Waals surface area contributed by atoms with Gasteiger partial charge in [0.05, 0.1) is 16.5 Å². The van der Waals surface area contributed by atoms with E-state index in [0.717, 1.165) is 96.0 Å². The molecule has 2 aromatic rings. The number of carbonyl (C=O) groups is 1. The number of thiocarbonyl (C=S) groups is 1. The van der Waals surface area contributed by atoms with Gasteiger partial charge < -0.3 is 15.3 Å². The van der Waals surface area contributed by atoms with E-state index in [2.05, 4.69) is 47.3 Å². The van der Waals surface area contributed by atoms with Gasteiger partial charge in [-0.25, -0.2) is 9.78 Å². The summed E-state index contributed by atoms with van der Waals surface area (Å²) in [6.45, 7) is 10.1. The van der Waals surface area contributed by atoms with E-state index in [4.69, 9.17) is 12.2 Å². The Kier molecular flexibility index (Phi) is 10.7. The number of nitrogens with zero attached hydrogens (tertiary/aromatic N) is 5. The third-order valence-corrected chi connectivity index (χ3v) is 7.42. The monoisotopic (exact) mass is 522 g/mol. The molecule has 2 aliphatic rings. The molecule has 3 atom stereocenters. The molecule has 198 valence electrons. The van der Waals surface area contributed by atoms with Crippen LogP contribution in [0, 0.1) is 0 Å². The minimum Gasteiger partial charge on any atom is -0.477 e. The summed E-state index contributed by atoms with van der Waals surface area (Å²) < 4.78 is 0. The van der Waals surface area contributed by atoms with Crippen LogP contribution in [0.4, 0.5) is 5.69 Å². The second kappa shape index (κ2) is 14.4. The van der Waals surface area contributed by atoms with Crippen molar-refractivity contribution >= 4 is 29.0 Å². The van der Waals surface area contributed by atoms with Crippen LogP contribution < -0.4 is 5.32 Å². The number of carboxylic acids is 1. The van der Waals surface area contributed by atoms with Gasteiger partial charge in [0, 0.05) is 45.3 Å². The Morgan fingerprint density at radius 2 is 1.92 bits per heavy atom. The van der Waals surface area contributed by atoms with Crippen LogP contribution in [-0.2, 0) is 13.0 Å². The number of nitrogens with one attached hydrogen (secondary N) is 1. The predicted molar refractivity (Wildman–Crippen MR) is 150 cm³/mol. The summed E-state index contributed by atoms with van der Waals surface area (Å²) in [5.74, 6) is -0.979. The number of aliphatic imine (C=N–C) groups is 1. The number of aromatic carboxylic acids is 1. The normalized spacial score (nSPS) is 23.6. The maximum atomic E-state index is 11.5. The lowest BCUT2D eigenvalue weighted by Gasteiger charge is -2.39. The van der Waals surface area contributed by atoms with E-state index in [9.17, 15) is 9.90 Å². The second-order valence-electron chi connectivity index (χ2n) is 9.95. The topological polar surface area (TPSA) is 84.3 Å². The van der Waals surface area contributed by atoms with E-state index in [1.165, 1.54) is 5.56 Å². The van der Waals surface area contributed by atoms with Crippen LogP contribution in [0.15, 0.2) is 47.5 Å². The Morgan fingerprint density at radius 3 is 2.73 bits per heavy atom. The van der Waals surface area contributed by atoms with Gasteiger partial charge in [-0.2, -0.15) is 4.99 Å². The molecule has 1 aromatic heterocycles. The second-order valence-corrected chi connectivity index (χ2v) is 10.1. The molecular weight excluding hydrogens is 484 g/mol. The first kappa shape index (κ1) is 27.5. The Bertz CT molecular complexity index is 1060. The number of carboxylic acid groups (broad SMARTS) is 1. The SMILES string of the molecule is O=C(O)c1cccc(CN2CCCN3CCNCCCN(CC3)C(CCc3ccc(N=C=S)cc3)C2)n1. The molecule has 1 aromatic carbocycles. The number of aromatic nitrogens is 1. The molecule has 0 amide bonds. The van der Waals surface area contributed by atoms with Crippen LogP contribution in [-0.4, -0.2) is 101 Å². The molecule has 2 fully saturated rings. The average molecular weight is 523 g/mol. The first-order valence-corrected chi connectivity index (χ1v) is 13.8. The molecule has 2 bridgehead atoms. The molecule has 0 radical (unpaired) electrons. The molecule has 2 saturated heterocycles. The van der Waals surface area contributed by atoms with Gasteiger partial charge in [-0.1, -0.05) is 18.2 Å². The smallest absolute Gasteiger partial charge is 0.354 e. The number of rotatable bonds is 7. The van der Waals surface area contributed by atoms with Crippen molar-refractivity contribution < 1.29 is 9.90 Å². The summed E-state index contributed by atoms with van der Waals surface area (Å²) in [4.78, 5) is 27.7. The molecule has 9 heteroatoms. The van der Waals surface area contributed by atoms with Crippen molar-refractivity contribution in [3.63, 3.8) is 0 Å². The zero-order valence-electron chi connectivity index (χ0n) is 21.5. The van der Waals surface area contributed by atoms with Crippen molar-refractivity contribution in [2.75, 3.05) is 58.9 Å². The third-order valence-electron chi connectivity index (χ3n) is 7.33. The maximum absolute atomic E-state index is 11.5. The van der Waals surface area contributed by atoms with Gasteiger partial charge in [0.25, 0.3) is 0 Å². The highest BCUT2D eigenvalue weighted by molar-refractivity contribution is 7.78. The van der Waals surface area contributed by atoms with Crippen molar-refractivity contribution in [2.24, 2.45) is 4.99 Å². The Labute approximate surface area is 225 Å². The molecule has 2 N–H and O–H groups in total. The Morgan fingerprint density at radius 1 is 1.05 bits per heavy atom. The minimum absolute atomic E-state index is 0.110. The molecular formula is C28H38N6O2S. The van der Waals surface area contributed by atoms with Gasteiger partial charge in [-0.05, 0) is 93.9 Å². The number of fused-ring (bicyclic) bond motifs is 3. The molecule has 2 aliphatic heterocycles. The Hall–Kier alpha value is -2.52. The van der Waals surface area contributed by atoms with Crippen LogP contribution in [0.2, 0.25) is 0 Å². The van der Waals surface area contributed by atoms with Gasteiger partial charge in [0.15, 0.2) is 0 Å². The lowest BCUT2D eigenvalue weighted by atomic mass is 10.0. The fourth-order valence-electron chi connectivity index (χ4n) is 5.33. The van der Waals surface area contributed by atoms with Crippen LogP contribution >= 0.6 is 12.2 Å². The summed E-state index contributed by atoms with van der Waals surface area (Å²) in [6.07, 6.45) is 4.28. The number of pyridine rings is 1. The average Bonchev–Trinajstić information content (AvgIpc) is 2.91. The van der Waals surface area contributed by atoms with E-state index in [-0.39, 0.29) is 5.69 Å². The van der Waals surface area contributed by atoms with Crippen molar-refractivity contribution in [1.82, 2.24) is 25.0 Å². The van der Waals surface area contributed by atoms with Crippen LogP contribution in [0.1, 0.15) is 41.0 Å². The third kappa shape index (κ3) is 8.78. The fourth-order valence-corrected chi connectivity index (χ4v) is 5.44. The van der Waals surface area contributed by atoms with E-state index >= 15 is 0 Å². The fraction of sp³-hybridized carbons (Fsp3) is 0.536. The summed E-state index contributed by atoms with van der Waals surface area (Å²) in [7, 11) is 0. The zero-order chi connectivity index (χ0) is 25.9. The summed E-state index contributed by atoms with van der Waals surface area (Å²) >= 11 is 4.73. The maximum Gasteiger partial charge on any atom is 0.354 e. The summed E-state index contributed by atoms with van der Waals surface area (Å²) in [6, 6.07) is 14.0. The van der Waals surface area contributed by atoms with E-state index in [1.807, 2.05) is 18.2 Å². The lowest BCUT2D eigenvalue weighted by Crippen LogP contribution is -2.51. The van der Waals surface area contributed by atoms with E-state index in [1.54, 1.807) is 12.1 Å². The van der Waals surface area contributed by atoms with Crippen LogP contribution in [0.3, 0.4) is 0 Å². The highest BCUT2D eigenvalue weighted by Crippen LogP contribution is 2.19. The molecule has 0 saturated carbocycles. The van der Waals surface area contributed by atoms with Gasteiger partial charge in [0.1, 0.15) is 5.69 Å². The van der Waals surface area contributed by atoms with Crippen LogP contribution in [0.25, 0.3) is 0 Å². The zero-order valence-corrected chi connectivity index (χ0v) is 22.3. The quantitative estimate of drug-likeness (QED) is 0.423. The first-order chi connectivity index (χ1) is 18.1. The molecule has 8 nitrogen and oxygen atoms in total. The van der Waals surface area contributed by atoms with Gasteiger partial charge in [-0.3, -0.25) is 9.80 Å². The predicted octanol–water partition coefficient (Wildman–Crippen LogP) is 3.32. The number of isothiocyanates is 1.